The molecule has 2 rings (SSSR count). The van der Waals surface area contributed by atoms with Gasteiger partial charge in [-0.05, 0) is 89.6 Å². The minimum atomic E-state index is -3.79. The van der Waals surface area contributed by atoms with Crippen LogP contribution in [0.5, 0.6) is 0 Å². The Morgan fingerprint density at radius 1 is 0.934 bits per heavy atom. The molecule has 0 aromatic rings. The summed E-state index contributed by atoms with van der Waals surface area (Å²) in [6.07, 6.45) is -2.07. The quantitative estimate of drug-likeness (QED) is 0.0578. The second-order valence-electron chi connectivity index (χ2n) is 20.2. The lowest BCUT2D eigenvalue weighted by Gasteiger charge is -2.51. The Balaban J connectivity index is 2.69. The first-order chi connectivity index (χ1) is 27.8. The molecule has 0 radical (unpaired) electrons. The van der Waals surface area contributed by atoms with Crippen molar-refractivity contribution in [3.8, 4) is 6.07 Å². The zero-order chi connectivity index (χ0) is 47.0. The maximum absolute atomic E-state index is 13.9. The van der Waals surface area contributed by atoms with Gasteiger partial charge in [-0.2, -0.15) is 5.26 Å². The van der Waals surface area contributed by atoms with Crippen LogP contribution in [0.1, 0.15) is 128 Å². The Bertz CT molecular complexity index is 1560. The molecule has 15 nitrogen and oxygen atoms in total. The smallest absolute Gasteiger partial charge is 0.338 e. The Labute approximate surface area is 368 Å². The van der Waals surface area contributed by atoms with Gasteiger partial charge in [0.2, 0.25) is 0 Å². The highest BCUT2D eigenvalue weighted by Crippen LogP contribution is 2.50. The summed E-state index contributed by atoms with van der Waals surface area (Å²) in [7, 11) is -6.06. The molecule has 0 aromatic carbocycles. The van der Waals surface area contributed by atoms with Crippen LogP contribution in [0.4, 0.5) is 0 Å². The van der Waals surface area contributed by atoms with Gasteiger partial charge in [-0.1, -0.05) is 48.5 Å². The van der Waals surface area contributed by atoms with E-state index in [1.807, 2.05) is 0 Å². The zero-order valence-corrected chi connectivity index (χ0v) is 43.3. The van der Waals surface area contributed by atoms with Crippen molar-refractivity contribution in [3.63, 3.8) is 0 Å². The first-order valence-electron chi connectivity index (χ1n) is 21.9. The Morgan fingerprint density at radius 3 is 1.97 bits per heavy atom. The predicted octanol–water partition coefficient (Wildman–Crippen LogP) is 9.39. The normalized spacial score (nSPS) is 27.5. The Morgan fingerprint density at radius 2 is 1.51 bits per heavy atom. The summed E-state index contributed by atoms with van der Waals surface area (Å²) in [6, 6.07) is 2.38. The number of rotatable bonds is 23. The van der Waals surface area contributed by atoms with Gasteiger partial charge in [0, 0.05) is 32.8 Å². The standard InChI is InChI=1S/C43H80NO14PSi2/c1-18-32(37(46)47)34-26-42(29-44,58-41(10,11)54-34)23-21-22-31(56-60(14,15)39(4,5)6)25-43(51-13)27-35(57-61(16,17)40(7,8)9)36(38(48)50-12)33(55-43)24-30(45)28-59(49,52-19-2)53-20-3/h31-36H,18-28H2,1-17H3,(H,46,47)/t31-,32-,33-,34+,35-,36-,42+,43+/m0/s1. The number of carbonyl (C=O) groups excluding carboxylic acids is 2. The molecule has 354 valence electrons. The number of ketones is 1. The molecule has 0 aliphatic carbocycles. The molecule has 2 aliphatic heterocycles. The van der Waals surface area contributed by atoms with Crippen LogP contribution in [0.15, 0.2) is 0 Å². The van der Waals surface area contributed by atoms with Crippen LogP contribution >= 0.6 is 7.60 Å². The van der Waals surface area contributed by atoms with E-state index in [4.69, 9.17) is 41.6 Å². The first-order valence-corrected chi connectivity index (χ1v) is 29.5. The van der Waals surface area contributed by atoms with E-state index in [2.05, 4.69) is 73.8 Å². The fraction of sp³-hybridized carbons (Fsp3) is 0.907. The number of ether oxygens (including phenoxy) is 5. The summed E-state index contributed by atoms with van der Waals surface area (Å²) in [5.74, 6) is -6.54. The molecule has 0 aromatic heterocycles. The molecule has 0 bridgehead atoms. The molecule has 8 atom stereocenters. The van der Waals surface area contributed by atoms with Crippen LogP contribution < -0.4 is 0 Å². The average Bonchev–Trinajstić information content (AvgIpc) is 3.09. The van der Waals surface area contributed by atoms with E-state index in [1.165, 1.54) is 14.2 Å². The van der Waals surface area contributed by atoms with Crippen LogP contribution in [0.25, 0.3) is 0 Å². The highest BCUT2D eigenvalue weighted by atomic mass is 31.2. The van der Waals surface area contributed by atoms with Gasteiger partial charge in [-0.3, -0.25) is 18.9 Å². The number of hydrogen-bond donors (Lipinski definition) is 1. The number of aliphatic carboxylic acids is 1. The summed E-state index contributed by atoms with van der Waals surface area (Å²) in [5, 5.41) is 20.2. The third-order valence-corrected chi connectivity index (χ3v) is 24.0. The monoisotopic (exact) mass is 921 g/mol. The van der Waals surface area contributed by atoms with E-state index in [0.717, 1.165) is 0 Å². The van der Waals surface area contributed by atoms with E-state index >= 15 is 0 Å². The number of hydrogen-bond acceptors (Lipinski definition) is 14. The van der Waals surface area contributed by atoms with E-state index in [1.54, 1.807) is 34.6 Å². The van der Waals surface area contributed by atoms with Crippen molar-refractivity contribution < 1.29 is 65.6 Å². The summed E-state index contributed by atoms with van der Waals surface area (Å²) in [4.78, 5) is 39.9. The summed E-state index contributed by atoms with van der Waals surface area (Å²) in [6.45, 7) is 29.9. The molecule has 2 saturated heterocycles. The van der Waals surface area contributed by atoms with Crippen LogP contribution in [-0.2, 0) is 60.5 Å². The average molecular weight is 922 g/mol. The maximum Gasteiger partial charge on any atom is 0.338 e. The molecule has 2 fully saturated rings. The van der Waals surface area contributed by atoms with Crippen molar-refractivity contribution in [3.05, 3.63) is 0 Å². The van der Waals surface area contributed by atoms with Crippen molar-refractivity contribution in [2.24, 2.45) is 11.8 Å². The number of methoxy groups -OCH3 is 2. The van der Waals surface area contributed by atoms with Crippen molar-refractivity contribution in [2.45, 2.75) is 205 Å². The highest BCUT2D eigenvalue weighted by molar-refractivity contribution is 7.54. The van der Waals surface area contributed by atoms with Crippen LogP contribution in [0, 0.1) is 23.2 Å². The molecular weight excluding hydrogens is 842 g/mol. The first kappa shape index (κ1) is 55.6. The largest absolute Gasteiger partial charge is 0.481 e. The van der Waals surface area contributed by atoms with Gasteiger partial charge < -0.3 is 46.7 Å². The summed E-state index contributed by atoms with van der Waals surface area (Å²) < 4.78 is 69.6. The van der Waals surface area contributed by atoms with Gasteiger partial charge in [0.1, 0.15) is 17.9 Å². The van der Waals surface area contributed by atoms with Crippen LogP contribution in [0.2, 0.25) is 36.3 Å². The highest BCUT2D eigenvalue weighted by Gasteiger charge is 2.56. The number of carbonyl (C=O) groups is 3. The second kappa shape index (κ2) is 21.6. The predicted molar refractivity (Wildman–Crippen MR) is 237 cm³/mol. The third-order valence-electron chi connectivity index (χ3n) is 13.0. The summed E-state index contributed by atoms with van der Waals surface area (Å²) in [5.41, 5.74) is -1.32. The molecule has 0 unspecified atom stereocenters. The van der Waals surface area contributed by atoms with Crippen LogP contribution in [0.3, 0.4) is 0 Å². The Kier molecular flexibility index (Phi) is 19.7. The van der Waals surface area contributed by atoms with Gasteiger partial charge in [0.05, 0.1) is 56.7 Å². The molecule has 0 amide bonds. The molecular formula is C43H80NO14PSi2. The maximum atomic E-state index is 13.9. The molecule has 61 heavy (non-hydrogen) atoms. The summed E-state index contributed by atoms with van der Waals surface area (Å²) >= 11 is 0. The van der Waals surface area contributed by atoms with E-state index in [-0.39, 0.29) is 55.4 Å². The SMILES string of the molecule is CCOP(=O)(CC(=O)C[C@@H]1O[C@@](C[C@H](CCC[C@]2(C#N)C[C@H]([C@H](CC)C(=O)O)OC(C)(C)O2)O[Si](C)(C)C(C)(C)C)(OC)C[C@H](O[Si](C)(C)C(C)(C)C)[C@H]1C(=O)OC)OCC. The zero-order valence-electron chi connectivity index (χ0n) is 40.4. The Hall–Kier alpha value is -1.56. The number of Topliss-reactive ketones (excluding diaryl/α,β-unsaturated/α-hetero) is 1. The van der Waals surface area contributed by atoms with E-state index in [9.17, 15) is 29.3 Å². The minimum absolute atomic E-state index is 0.0788. The van der Waals surface area contributed by atoms with E-state index < -0.39 is 102 Å². The lowest BCUT2D eigenvalue weighted by molar-refractivity contribution is -0.327. The van der Waals surface area contributed by atoms with Crippen LogP contribution in [-0.4, -0.2) is 115 Å². The van der Waals surface area contributed by atoms with Crippen molar-refractivity contribution in [2.75, 3.05) is 33.6 Å². The van der Waals surface area contributed by atoms with Gasteiger partial charge in [-0.25, -0.2) is 0 Å². The van der Waals surface area contributed by atoms with Crippen molar-refractivity contribution >= 4 is 42.0 Å². The number of nitriles is 1. The number of carboxylic acids is 1. The van der Waals surface area contributed by atoms with Gasteiger partial charge in [-0.15, -0.1) is 0 Å². The molecule has 0 spiro atoms. The lowest BCUT2D eigenvalue weighted by Crippen LogP contribution is -2.60. The van der Waals surface area contributed by atoms with Gasteiger partial charge in [0.25, 0.3) is 0 Å². The fourth-order valence-electron chi connectivity index (χ4n) is 7.85. The molecule has 2 heterocycles. The molecule has 2 aliphatic rings. The van der Waals surface area contributed by atoms with Gasteiger partial charge >= 0.3 is 19.5 Å². The second-order valence-corrected chi connectivity index (χ2v) is 31.8. The lowest BCUT2D eigenvalue weighted by atomic mass is 9.82. The molecule has 0 saturated carbocycles. The topological polar surface area (TPSA) is 195 Å². The fourth-order valence-corrected chi connectivity index (χ4v) is 12.2. The number of carboxylic acid groups (broad SMARTS) is 1. The van der Waals surface area contributed by atoms with Crippen molar-refractivity contribution in [1.82, 2.24) is 0 Å². The third kappa shape index (κ3) is 15.0. The van der Waals surface area contributed by atoms with E-state index in [0.29, 0.717) is 19.3 Å². The molecule has 1 N–H and O–H groups in total. The number of esters is 1. The van der Waals surface area contributed by atoms with Gasteiger partial charge in [0.15, 0.2) is 33.8 Å². The minimum Gasteiger partial charge on any atom is -0.481 e. The number of nitrogens with zero attached hydrogens (tertiary/aromatic N) is 1. The van der Waals surface area contributed by atoms with Crippen molar-refractivity contribution in [1.29, 1.82) is 5.26 Å². The molecule has 18 heteroatoms.